The summed E-state index contributed by atoms with van der Waals surface area (Å²) in [5.74, 6) is 5.56. The first-order valence-electron chi connectivity index (χ1n) is 6.04. The topological polar surface area (TPSA) is 126 Å². The van der Waals surface area contributed by atoms with E-state index in [1.807, 2.05) is 6.92 Å². The van der Waals surface area contributed by atoms with Crippen molar-refractivity contribution in [2.45, 2.75) is 25.7 Å². The molecule has 1 aromatic heterocycles. The van der Waals surface area contributed by atoms with Gasteiger partial charge in [0.2, 0.25) is 0 Å². The van der Waals surface area contributed by atoms with E-state index in [0.717, 1.165) is 5.56 Å². The highest BCUT2D eigenvalue weighted by atomic mass is 32.2. The van der Waals surface area contributed by atoms with Gasteiger partial charge in [-0.3, -0.25) is 11.6 Å². The van der Waals surface area contributed by atoms with Crippen molar-refractivity contribution in [3.63, 3.8) is 0 Å². The average Bonchev–Trinajstić information content (AvgIpc) is 2.30. The molecule has 21 heavy (non-hydrogen) atoms. The number of aryl methyl sites for hydroxylation is 3. The summed E-state index contributed by atoms with van der Waals surface area (Å²) in [5.41, 5.74) is 7.25. The summed E-state index contributed by atoms with van der Waals surface area (Å²) in [5, 5.41) is 0. The zero-order valence-corrected chi connectivity index (χ0v) is 12.9. The van der Waals surface area contributed by atoms with Crippen LogP contribution < -0.4 is 16.3 Å². The molecule has 0 amide bonds. The van der Waals surface area contributed by atoms with Gasteiger partial charge in [0.15, 0.2) is 0 Å². The first-order chi connectivity index (χ1) is 9.62. The highest BCUT2D eigenvalue weighted by molar-refractivity contribution is 7.85. The highest BCUT2D eigenvalue weighted by Crippen LogP contribution is 2.20. The lowest BCUT2D eigenvalue weighted by Gasteiger charge is -2.14. The molecule has 0 unspecified atom stereocenters. The smallest absolute Gasteiger partial charge is 0.410 e. The normalized spacial score (nSPS) is 10.7. The van der Waals surface area contributed by atoms with E-state index in [9.17, 15) is 13.0 Å². The number of nitrogens with two attached hydrogens (primary N) is 2. The Kier molecular flexibility index (Phi) is 5.23. The summed E-state index contributed by atoms with van der Waals surface area (Å²) >= 11 is 0. The highest BCUT2D eigenvalue weighted by Gasteiger charge is 2.09. The van der Waals surface area contributed by atoms with Crippen molar-refractivity contribution in [2.24, 2.45) is 0 Å². The molecule has 7 nitrogen and oxygen atoms in total. The van der Waals surface area contributed by atoms with Gasteiger partial charge in [0.1, 0.15) is 16.3 Å². The van der Waals surface area contributed by atoms with E-state index < -0.39 is 10.1 Å². The lowest BCUT2D eigenvalue weighted by Crippen LogP contribution is -2.47. The maximum absolute atomic E-state index is 10.8. The molecule has 1 heterocycles. The van der Waals surface area contributed by atoms with Gasteiger partial charge in [-0.25, -0.2) is 8.42 Å². The summed E-state index contributed by atoms with van der Waals surface area (Å²) in [6.07, 6.45) is 3.21. The van der Waals surface area contributed by atoms with Gasteiger partial charge in [0, 0.05) is 6.07 Å². The number of nitrogens with zero attached hydrogens (tertiary/aromatic N) is 2. The second kappa shape index (κ2) is 6.51. The summed E-state index contributed by atoms with van der Waals surface area (Å²) < 4.78 is 33.7. The maximum Gasteiger partial charge on any atom is 0.410 e. The number of aromatic nitrogens is 2. The Labute approximate surface area is 124 Å². The molecular formula is C13H18N4O3S. The quantitative estimate of drug-likeness (QED) is 0.439. The van der Waals surface area contributed by atoms with E-state index in [2.05, 4.69) is 4.98 Å². The summed E-state index contributed by atoms with van der Waals surface area (Å²) in [4.78, 5) is 3.61. The van der Waals surface area contributed by atoms with E-state index in [-0.39, 0.29) is 4.90 Å². The number of nitrogen functional groups attached to an aromatic ring is 2. The fraction of sp³-hybridized carbons (Fsp3) is 0.231. The van der Waals surface area contributed by atoms with Crippen molar-refractivity contribution in [3.8, 4) is 0 Å². The van der Waals surface area contributed by atoms with Crippen LogP contribution in [0.15, 0.2) is 35.5 Å². The molecule has 0 saturated heterocycles. The Balaban J connectivity index is 0.000000235. The predicted octanol–water partition coefficient (Wildman–Crippen LogP) is 0.181. The van der Waals surface area contributed by atoms with Crippen LogP contribution >= 0.6 is 0 Å². The number of anilines is 1. The van der Waals surface area contributed by atoms with Crippen LogP contribution in [0.25, 0.3) is 0 Å². The van der Waals surface area contributed by atoms with Crippen LogP contribution in [0.3, 0.4) is 0 Å². The zero-order chi connectivity index (χ0) is 16.2. The van der Waals surface area contributed by atoms with Gasteiger partial charge in [-0.1, -0.05) is 22.7 Å². The number of hydrogen-bond acceptors (Lipinski definition) is 6. The van der Waals surface area contributed by atoms with Gasteiger partial charge in [-0.05, 0) is 31.9 Å². The molecule has 0 saturated carbocycles. The fourth-order valence-electron chi connectivity index (χ4n) is 1.95. The van der Waals surface area contributed by atoms with E-state index in [4.69, 9.17) is 11.6 Å². The van der Waals surface area contributed by atoms with Gasteiger partial charge in [-0.2, -0.15) is 0 Å². The van der Waals surface area contributed by atoms with Crippen LogP contribution in [0.4, 0.5) is 5.95 Å². The summed E-state index contributed by atoms with van der Waals surface area (Å²) in [7, 11) is -4.33. The van der Waals surface area contributed by atoms with Crippen molar-refractivity contribution in [3.05, 3.63) is 47.3 Å². The van der Waals surface area contributed by atoms with Crippen LogP contribution in [0.5, 0.6) is 0 Å². The lowest BCUT2D eigenvalue weighted by molar-refractivity contribution is -0.626. The average molecular weight is 310 g/mol. The monoisotopic (exact) mass is 310 g/mol. The Morgan fingerprint density at radius 3 is 2.05 bits per heavy atom. The molecule has 0 atom stereocenters. The number of hydrogen-bond donors (Lipinski definition) is 2. The molecule has 0 radical (unpaired) electrons. The van der Waals surface area contributed by atoms with Crippen molar-refractivity contribution in [2.75, 3.05) is 11.6 Å². The number of rotatable bonds is 1. The predicted molar refractivity (Wildman–Crippen MR) is 77.6 cm³/mol. The van der Waals surface area contributed by atoms with Crippen LogP contribution in [-0.2, 0) is 10.1 Å². The van der Waals surface area contributed by atoms with Crippen LogP contribution in [0.2, 0.25) is 0 Å². The zero-order valence-electron chi connectivity index (χ0n) is 12.1. The Bertz CT molecular complexity index is 701. The van der Waals surface area contributed by atoms with Gasteiger partial charge < -0.3 is 4.55 Å². The molecule has 2 rings (SSSR count). The third-order valence-electron chi connectivity index (χ3n) is 2.66. The molecule has 2 aromatic rings. The molecule has 0 spiro atoms. The van der Waals surface area contributed by atoms with E-state index in [1.165, 1.54) is 4.68 Å². The molecule has 8 heteroatoms. The molecular weight excluding hydrogens is 292 g/mol. The van der Waals surface area contributed by atoms with Crippen molar-refractivity contribution < 1.29 is 17.6 Å². The largest absolute Gasteiger partial charge is 0.744 e. The first-order valence-corrected chi connectivity index (χ1v) is 7.44. The molecule has 114 valence electrons. The van der Waals surface area contributed by atoms with Crippen LogP contribution in [0.1, 0.15) is 16.7 Å². The molecule has 0 bridgehead atoms. The first kappa shape index (κ1) is 16.9. The third-order valence-corrected chi connectivity index (χ3v) is 3.80. The van der Waals surface area contributed by atoms with Crippen molar-refractivity contribution >= 4 is 16.1 Å². The Morgan fingerprint density at radius 1 is 1.19 bits per heavy atom. The van der Waals surface area contributed by atoms with Gasteiger partial charge in [0.25, 0.3) is 0 Å². The molecule has 0 aliphatic rings. The van der Waals surface area contributed by atoms with Gasteiger partial charge in [0.05, 0.1) is 11.1 Å². The lowest BCUT2D eigenvalue weighted by atomic mass is 10.1. The van der Waals surface area contributed by atoms with Crippen molar-refractivity contribution in [1.29, 1.82) is 0 Å². The van der Waals surface area contributed by atoms with Crippen molar-refractivity contribution in [1.82, 2.24) is 4.98 Å². The third kappa shape index (κ3) is 4.69. The van der Waals surface area contributed by atoms with E-state index in [1.54, 1.807) is 44.4 Å². The van der Waals surface area contributed by atoms with Gasteiger partial charge in [-0.15, -0.1) is 4.68 Å². The van der Waals surface area contributed by atoms with E-state index >= 15 is 0 Å². The SMILES string of the molecule is Cc1cc(C)c(S(=O)(=O)[O-])c(C)c1.Nc1nccc[n+]1N. The maximum atomic E-state index is 10.8. The summed E-state index contributed by atoms with van der Waals surface area (Å²) in [6, 6.07) is 5.09. The van der Waals surface area contributed by atoms with Gasteiger partial charge >= 0.3 is 5.95 Å². The Morgan fingerprint density at radius 2 is 1.71 bits per heavy atom. The molecule has 1 aromatic carbocycles. The molecule has 0 aliphatic heterocycles. The molecule has 0 fully saturated rings. The Hall–Kier alpha value is -2.19. The minimum Gasteiger partial charge on any atom is -0.744 e. The van der Waals surface area contributed by atoms with Crippen LogP contribution in [0, 0.1) is 20.8 Å². The van der Waals surface area contributed by atoms with E-state index in [0.29, 0.717) is 17.1 Å². The molecule has 0 aliphatic carbocycles. The summed E-state index contributed by atoms with van der Waals surface area (Å²) in [6.45, 7) is 5.12. The van der Waals surface area contributed by atoms with Crippen LogP contribution in [-0.4, -0.2) is 18.0 Å². The minimum atomic E-state index is -4.33. The standard InChI is InChI=1S/C9H12O3S.C4H6N4/c1-6-4-7(2)9(8(3)5-6)13(10,11)12;5-4-7-2-1-3-8(4)6/h4-5H,1-3H3,(H,10,11,12);1-3,5H,6H2. The second-order valence-electron chi connectivity index (χ2n) is 4.57. The minimum absolute atomic E-state index is 0.0851. The number of benzene rings is 1. The molecule has 4 N–H and O–H groups in total. The fourth-order valence-corrected chi connectivity index (χ4v) is 2.86. The second-order valence-corrected chi connectivity index (χ2v) is 5.88.